The molecule has 2 aliphatic heterocycles. The minimum Gasteiger partial charge on any atom is -0.475 e. The number of carbonyl (C=O) groups is 1. The van der Waals surface area contributed by atoms with Crippen LogP contribution < -0.4 is 15.0 Å². The average Bonchev–Trinajstić information content (AvgIpc) is 3.35. The number of anilines is 2. The lowest BCUT2D eigenvalue weighted by Crippen LogP contribution is -2.44. The standard InChI is InChI=1S/C24H31FN4O4/c1-16-11-20(25)21(26-24(31)28-5-3-4-6-28)14-19(16)18-12-22(27-23(13-18)33-10-8-30)29-7-9-32-15-17(29)2/h11-14,17,30H,3-10,15H2,1-2H3,(H,26,31). The number of morpholine rings is 1. The second-order valence-corrected chi connectivity index (χ2v) is 8.51. The molecule has 8 nitrogen and oxygen atoms in total. The van der Waals surface area contributed by atoms with Gasteiger partial charge in [-0.05, 0) is 61.6 Å². The fraction of sp³-hybridized carbons (Fsp3) is 0.500. The van der Waals surface area contributed by atoms with Crippen molar-refractivity contribution in [3.05, 3.63) is 35.6 Å². The largest absolute Gasteiger partial charge is 0.475 e. The van der Waals surface area contributed by atoms with Gasteiger partial charge >= 0.3 is 6.03 Å². The maximum atomic E-state index is 14.7. The van der Waals surface area contributed by atoms with Crippen molar-refractivity contribution in [1.82, 2.24) is 9.88 Å². The lowest BCUT2D eigenvalue weighted by Gasteiger charge is -2.34. The molecule has 0 bridgehead atoms. The Morgan fingerprint density at radius 1 is 1.27 bits per heavy atom. The second-order valence-electron chi connectivity index (χ2n) is 8.51. The van der Waals surface area contributed by atoms with Crippen molar-refractivity contribution in [2.45, 2.75) is 32.7 Å². The summed E-state index contributed by atoms with van der Waals surface area (Å²) in [4.78, 5) is 21.0. The number of nitrogens with one attached hydrogen (secondary N) is 1. The molecule has 1 atom stereocenters. The summed E-state index contributed by atoms with van der Waals surface area (Å²) in [5.74, 6) is 0.626. The van der Waals surface area contributed by atoms with Crippen LogP contribution in [0.4, 0.5) is 20.7 Å². The third-order valence-corrected chi connectivity index (χ3v) is 6.05. The van der Waals surface area contributed by atoms with Gasteiger partial charge in [0.1, 0.15) is 18.2 Å². The number of aliphatic hydroxyl groups excluding tert-OH is 1. The maximum Gasteiger partial charge on any atom is 0.321 e. The van der Waals surface area contributed by atoms with Crippen molar-refractivity contribution in [2.24, 2.45) is 0 Å². The van der Waals surface area contributed by atoms with E-state index in [1.165, 1.54) is 6.07 Å². The third-order valence-electron chi connectivity index (χ3n) is 6.05. The predicted octanol–water partition coefficient (Wildman–Crippen LogP) is 3.42. The van der Waals surface area contributed by atoms with Gasteiger partial charge in [0.25, 0.3) is 0 Å². The van der Waals surface area contributed by atoms with E-state index >= 15 is 0 Å². The molecule has 0 radical (unpaired) electrons. The van der Waals surface area contributed by atoms with Crippen molar-refractivity contribution < 1.29 is 23.8 Å². The van der Waals surface area contributed by atoms with Gasteiger partial charge in [-0.25, -0.2) is 9.18 Å². The Kier molecular flexibility index (Phi) is 7.29. The number of ether oxygens (including phenoxy) is 2. The van der Waals surface area contributed by atoms with Crippen LogP contribution in [0, 0.1) is 12.7 Å². The molecule has 0 aliphatic carbocycles. The summed E-state index contributed by atoms with van der Waals surface area (Å²) in [5.41, 5.74) is 2.43. The Hall–Kier alpha value is -2.91. The number of aromatic nitrogens is 1. The van der Waals surface area contributed by atoms with E-state index in [0.29, 0.717) is 38.7 Å². The first-order valence-corrected chi connectivity index (χ1v) is 11.4. The minimum absolute atomic E-state index is 0.119. The van der Waals surface area contributed by atoms with Gasteiger partial charge in [-0.1, -0.05) is 0 Å². The van der Waals surface area contributed by atoms with Crippen LogP contribution in [0.3, 0.4) is 0 Å². The zero-order valence-corrected chi connectivity index (χ0v) is 19.1. The number of likely N-dealkylation sites (tertiary alicyclic amines) is 1. The van der Waals surface area contributed by atoms with Gasteiger partial charge in [-0.15, -0.1) is 0 Å². The molecule has 1 aromatic carbocycles. The van der Waals surface area contributed by atoms with Crippen molar-refractivity contribution in [3.63, 3.8) is 0 Å². The number of urea groups is 1. The third kappa shape index (κ3) is 5.36. The molecule has 178 valence electrons. The van der Waals surface area contributed by atoms with Crippen LogP contribution in [0.1, 0.15) is 25.3 Å². The number of carbonyl (C=O) groups excluding carboxylic acids is 1. The highest BCUT2D eigenvalue weighted by atomic mass is 19.1. The fourth-order valence-corrected chi connectivity index (χ4v) is 4.28. The quantitative estimate of drug-likeness (QED) is 0.690. The molecule has 2 aliphatic rings. The van der Waals surface area contributed by atoms with Crippen LogP contribution in [-0.4, -0.2) is 73.1 Å². The molecule has 2 saturated heterocycles. The molecule has 4 rings (SSSR count). The summed E-state index contributed by atoms with van der Waals surface area (Å²) < 4.78 is 25.9. The zero-order valence-electron chi connectivity index (χ0n) is 19.1. The first-order valence-electron chi connectivity index (χ1n) is 11.4. The van der Waals surface area contributed by atoms with E-state index < -0.39 is 5.82 Å². The lowest BCUT2D eigenvalue weighted by atomic mass is 9.99. The van der Waals surface area contributed by atoms with Crippen LogP contribution in [-0.2, 0) is 4.74 Å². The van der Waals surface area contributed by atoms with E-state index in [0.717, 1.165) is 35.3 Å². The molecule has 2 aromatic rings. The Morgan fingerprint density at radius 3 is 2.79 bits per heavy atom. The predicted molar refractivity (Wildman–Crippen MR) is 124 cm³/mol. The Bertz CT molecular complexity index is 997. The number of pyridine rings is 1. The Morgan fingerprint density at radius 2 is 2.06 bits per heavy atom. The molecule has 0 spiro atoms. The molecular formula is C24H31FN4O4. The van der Waals surface area contributed by atoms with Crippen LogP contribution in [0.5, 0.6) is 5.88 Å². The van der Waals surface area contributed by atoms with E-state index in [9.17, 15) is 14.3 Å². The maximum absolute atomic E-state index is 14.7. The summed E-state index contributed by atoms with van der Waals surface area (Å²) in [5, 5.41) is 11.9. The van der Waals surface area contributed by atoms with E-state index in [2.05, 4.69) is 22.1 Å². The number of hydrogen-bond acceptors (Lipinski definition) is 6. The second kappa shape index (κ2) is 10.4. The highest BCUT2D eigenvalue weighted by molar-refractivity contribution is 5.91. The van der Waals surface area contributed by atoms with Crippen LogP contribution >= 0.6 is 0 Å². The summed E-state index contributed by atoms with van der Waals surface area (Å²) in [6.07, 6.45) is 1.93. The number of aliphatic hydroxyl groups is 1. The number of rotatable bonds is 6. The molecule has 1 aromatic heterocycles. The monoisotopic (exact) mass is 458 g/mol. The van der Waals surface area contributed by atoms with E-state index in [-0.39, 0.29) is 31.0 Å². The van der Waals surface area contributed by atoms with Gasteiger partial charge in [-0.3, -0.25) is 0 Å². The van der Waals surface area contributed by atoms with Crippen molar-refractivity contribution in [3.8, 4) is 17.0 Å². The van der Waals surface area contributed by atoms with Gasteiger partial charge in [0, 0.05) is 25.7 Å². The van der Waals surface area contributed by atoms with Crippen molar-refractivity contribution in [2.75, 3.05) is 56.3 Å². The van der Waals surface area contributed by atoms with Gasteiger partial charge in [0.2, 0.25) is 5.88 Å². The summed E-state index contributed by atoms with van der Waals surface area (Å²) in [6, 6.07) is 6.66. The lowest BCUT2D eigenvalue weighted by molar-refractivity contribution is 0.0984. The van der Waals surface area contributed by atoms with Gasteiger partial charge < -0.3 is 29.7 Å². The SMILES string of the molecule is Cc1cc(F)c(NC(=O)N2CCCC2)cc1-c1cc(OCCO)nc(N2CCOCC2C)c1. The highest BCUT2D eigenvalue weighted by Gasteiger charge is 2.23. The van der Waals surface area contributed by atoms with E-state index in [4.69, 9.17) is 9.47 Å². The number of amides is 2. The van der Waals surface area contributed by atoms with Crippen LogP contribution in [0.2, 0.25) is 0 Å². The molecule has 2 N–H and O–H groups in total. The molecule has 1 unspecified atom stereocenters. The minimum atomic E-state index is -0.475. The van der Waals surface area contributed by atoms with Crippen LogP contribution in [0.15, 0.2) is 24.3 Å². The van der Waals surface area contributed by atoms with Crippen molar-refractivity contribution in [1.29, 1.82) is 0 Å². The number of aryl methyl sites for hydroxylation is 1. The average molecular weight is 459 g/mol. The topological polar surface area (TPSA) is 87.2 Å². The summed E-state index contributed by atoms with van der Waals surface area (Å²) in [6.45, 7) is 7.15. The van der Waals surface area contributed by atoms with Crippen LogP contribution in [0.25, 0.3) is 11.1 Å². The molecule has 9 heteroatoms. The first-order chi connectivity index (χ1) is 16.0. The normalized spacial score (nSPS) is 18.5. The van der Waals surface area contributed by atoms with E-state index in [1.807, 2.05) is 13.0 Å². The molecular weight excluding hydrogens is 427 g/mol. The van der Waals surface area contributed by atoms with Gasteiger partial charge in [0.05, 0.1) is 31.5 Å². The molecule has 2 amide bonds. The van der Waals surface area contributed by atoms with E-state index in [1.54, 1.807) is 17.0 Å². The molecule has 33 heavy (non-hydrogen) atoms. The Balaban J connectivity index is 1.70. The van der Waals surface area contributed by atoms with Gasteiger partial charge in [0.15, 0.2) is 0 Å². The summed E-state index contributed by atoms with van der Waals surface area (Å²) >= 11 is 0. The van der Waals surface area contributed by atoms with Crippen molar-refractivity contribution >= 4 is 17.5 Å². The van der Waals surface area contributed by atoms with Gasteiger partial charge in [-0.2, -0.15) is 4.98 Å². The number of hydrogen-bond donors (Lipinski definition) is 2. The first kappa shape index (κ1) is 23.3. The Labute approximate surface area is 193 Å². The highest BCUT2D eigenvalue weighted by Crippen LogP contribution is 2.34. The molecule has 2 fully saturated rings. The number of benzene rings is 1. The number of halogens is 1. The number of nitrogens with zero attached hydrogens (tertiary/aromatic N) is 3. The smallest absolute Gasteiger partial charge is 0.321 e. The fourth-order valence-electron chi connectivity index (χ4n) is 4.28. The zero-order chi connectivity index (χ0) is 23.4. The summed E-state index contributed by atoms with van der Waals surface area (Å²) in [7, 11) is 0. The molecule has 0 saturated carbocycles. The molecule has 3 heterocycles.